The smallest absolute Gasteiger partial charge is 0.294 e. The normalized spacial score (nSPS) is 11.5. The number of nitrogens with one attached hydrogen (secondary N) is 2. The van der Waals surface area contributed by atoms with E-state index >= 15 is 0 Å². The second-order valence-electron chi connectivity index (χ2n) is 4.87. The highest BCUT2D eigenvalue weighted by atomic mass is 35.5. The molecule has 10 heteroatoms. The maximum Gasteiger partial charge on any atom is 0.294 e. The van der Waals surface area contributed by atoms with E-state index in [1.807, 2.05) is 0 Å². The zero-order chi connectivity index (χ0) is 19.3. The van der Waals surface area contributed by atoms with E-state index in [1.54, 1.807) is 18.2 Å². The highest BCUT2D eigenvalue weighted by Gasteiger charge is 2.13. The van der Waals surface area contributed by atoms with Crippen LogP contribution in [-0.4, -0.2) is 18.9 Å². The molecule has 0 fully saturated rings. The summed E-state index contributed by atoms with van der Waals surface area (Å²) < 4.78 is 31.3. The quantitative estimate of drug-likeness (QED) is 0.391. The van der Waals surface area contributed by atoms with Gasteiger partial charge >= 0.3 is 0 Å². The Morgan fingerprint density at radius 1 is 1.19 bits per heavy atom. The van der Waals surface area contributed by atoms with Crippen LogP contribution in [0.25, 0.3) is 0 Å². The van der Waals surface area contributed by atoms with Crippen LogP contribution in [0.4, 0.5) is 11.4 Å². The summed E-state index contributed by atoms with van der Waals surface area (Å²) in [6, 6.07) is 11.6. The predicted octanol–water partition coefficient (Wildman–Crippen LogP) is 3.70. The van der Waals surface area contributed by atoms with Gasteiger partial charge in [-0.3, -0.25) is 9.35 Å². The Kier molecular flexibility index (Phi) is 6.23. The molecule has 0 aliphatic heterocycles. The minimum atomic E-state index is -4.37. The van der Waals surface area contributed by atoms with Gasteiger partial charge in [0.2, 0.25) is 0 Å². The van der Waals surface area contributed by atoms with E-state index < -0.39 is 16.0 Å². The fraction of sp³-hybridized carbons (Fsp3) is 0. The Labute approximate surface area is 159 Å². The third-order valence-corrected chi connectivity index (χ3v) is 4.75. The first kappa shape index (κ1) is 19.8. The monoisotopic (exact) mass is 411 g/mol. The molecule has 0 spiro atoms. The largest absolute Gasteiger partial charge is 0.360 e. The molecule has 0 aromatic heterocycles. The number of hydrogen-bond acceptors (Lipinski definition) is 5. The van der Waals surface area contributed by atoms with E-state index in [0.717, 1.165) is 12.3 Å². The molecule has 3 N–H and O–H groups in total. The third-order valence-electron chi connectivity index (χ3n) is 3.08. The van der Waals surface area contributed by atoms with Crippen LogP contribution in [0.3, 0.4) is 0 Å². The highest BCUT2D eigenvalue weighted by molar-refractivity contribution is 7.85. The van der Waals surface area contributed by atoms with Crippen molar-refractivity contribution in [3.05, 3.63) is 64.3 Å². The highest BCUT2D eigenvalue weighted by Crippen LogP contribution is 2.29. The minimum absolute atomic E-state index is 0.133. The molecule has 0 saturated carbocycles. The van der Waals surface area contributed by atoms with Crippen molar-refractivity contribution in [3.8, 4) is 6.07 Å². The number of carbonyl (C=O) groups excluding carboxylic acids is 1. The Bertz CT molecular complexity index is 1030. The minimum Gasteiger partial charge on any atom is -0.360 e. The van der Waals surface area contributed by atoms with Crippen LogP contribution in [-0.2, 0) is 14.9 Å². The number of anilines is 2. The first-order chi connectivity index (χ1) is 12.2. The van der Waals surface area contributed by atoms with Crippen molar-refractivity contribution >= 4 is 50.6 Å². The van der Waals surface area contributed by atoms with Crippen LogP contribution in [0, 0.1) is 11.3 Å². The lowest BCUT2D eigenvalue weighted by molar-refractivity contribution is -0.112. The summed E-state index contributed by atoms with van der Waals surface area (Å²) in [7, 11) is -4.37. The Balaban J connectivity index is 2.19. The van der Waals surface area contributed by atoms with Crippen molar-refractivity contribution in [1.29, 1.82) is 5.26 Å². The van der Waals surface area contributed by atoms with Gasteiger partial charge in [0, 0.05) is 11.9 Å². The first-order valence-electron chi connectivity index (χ1n) is 6.92. The zero-order valence-corrected chi connectivity index (χ0v) is 15.2. The van der Waals surface area contributed by atoms with E-state index in [4.69, 9.17) is 33.0 Å². The number of halogens is 2. The molecular formula is C16H11Cl2N3O4S. The van der Waals surface area contributed by atoms with Gasteiger partial charge in [0.1, 0.15) is 11.6 Å². The molecule has 0 bridgehead atoms. The van der Waals surface area contributed by atoms with Crippen molar-refractivity contribution in [1.82, 2.24) is 0 Å². The molecule has 2 aromatic carbocycles. The lowest BCUT2D eigenvalue weighted by atomic mass is 10.2. The number of carbonyl (C=O) groups is 1. The number of benzene rings is 2. The van der Waals surface area contributed by atoms with Gasteiger partial charge in [-0.2, -0.15) is 13.7 Å². The maximum atomic E-state index is 12.2. The molecule has 0 unspecified atom stereocenters. The summed E-state index contributed by atoms with van der Waals surface area (Å²) in [5.41, 5.74) is 0.193. The SMILES string of the molecule is N#C/C(=C/Nc1cccc(S(=O)(=O)O)c1)C(=O)Nc1cccc(Cl)c1Cl. The van der Waals surface area contributed by atoms with Gasteiger partial charge in [-0.15, -0.1) is 0 Å². The molecule has 1 amide bonds. The predicted molar refractivity (Wildman–Crippen MR) is 98.7 cm³/mol. The summed E-state index contributed by atoms with van der Waals surface area (Å²) in [5.74, 6) is -0.741. The molecule has 2 aromatic rings. The summed E-state index contributed by atoms with van der Waals surface area (Å²) in [5, 5.41) is 14.6. The van der Waals surface area contributed by atoms with E-state index in [2.05, 4.69) is 10.6 Å². The van der Waals surface area contributed by atoms with E-state index in [1.165, 1.54) is 24.3 Å². The van der Waals surface area contributed by atoms with E-state index in [-0.39, 0.29) is 31.9 Å². The number of hydrogen-bond donors (Lipinski definition) is 3. The standard InChI is InChI=1S/C16H11Cl2N3O4S/c17-13-5-2-6-14(15(13)18)21-16(22)10(8-19)9-20-11-3-1-4-12(7-11)26(23,24)25/h1-7,9,20H,(H,21,22)(H,23,24,25)/b10-9-. The molecule has 0 radical (unpaired) electrons. The van der Waals surface area contributed by atoms with Gasteiger partial charge < -0.3 is 10.6 Å². The Hall–Kier alpha value is -2.57. The van der Waals surface area contributed by atoms with Gasteiger partial charge in [0.15, 0.2) is 0 Å². The molecule has 0 aliphatic rings. The van der Waals surface area contributed by atoms with Crippen molar-refractivity contribution in [2.24, 2.45) is 0 Å². The van der Waals surface area contributed by atoms with Gasteiger partial charge in [0.25, 0.3) is 16.0 Å². The number of amides is 1. The molecule has 7 nitrogen and oxygen atoms in total. The van der Waals surface area contributed by atoms with Crippen LogP contribution >= 0.6 is 23.2 Å². The van der Waals surface area contributed by atoms with Crippen LogP contribution < -0.4 is 10.6 Å². The van der Waals surface area contributed by atoms with Crippen molar-refractivity contribution < 1.29 is 17.8 Å². The third kappa shape index (κ3) is 4.97. The average molecular weight is 412 g/mol. The van der Waals surface area contributed by atoms with Gasteiger partial charge in [0.05, 0.1) is 20.6 Å². The van der Waals surface area contributed by atoms with Crippen molar-refractivity contribution in [3.63, 3.8) is 0 Å². The summed E-state index contributed by atoms with van der Waals surface area (Å²) in [6.45, 7) is 0. The molecule has 0 atom stereocenters. The number of nitriles is 1. The molecule has 0 saturated heterocycles. The van der Waals surface area contributed by atoms with Gasteiger partial charge in [-0.05, 0) is 30.3 Å². The summed E-state index contributed by atoms with van der Waals surface area (Å²) in [4.78, 5) is 11.8. The van der Waals surface area contributed by atoms with E-state index in [9.17, 15) is 13.2 Å². The lowest BCUT2D eigenvalue weighted by Gasteiger charge is -2.08. The topological polar surface area (TPSA) is 119 Å². The van der Waals surface area contributed by atoms with Gasteiger partial charge in [-0.25, -0.2) is 0 Å². The Morgan fingerprint density at radius 2 is 1.88 bits per heavy atom. The summed E-state index contributed by atoms with van der Waals surface area (Å²) >= 11 is 11.8. The second kappa shape index (κ2) is 8.21. The van der Waals surface area contributed by atoms with Crippen LogP contribution in [0.2, 0.25) is 10.0 Å². The van der Waals surface area contributed by atoms with Crippen molar-refractivity contribution in [2.75, 3.05) is 10.6 Å². The molecule has 0 aliphatic carbocycles. The molecule has 0 heterocycles. The first-order valence-corrected chi connectivity index (χ1v) is 9.11. The number of rotatable bonds is 5. The van der Waals surface area contributed by atoms with Crippen LogP contribution in [0.15, 0.2) is 59.1 Å². The fourth-order valence-corrected chi connectivity index (χ4v) is 2.71. The van der Waals surface area contributed by atoms with Gasteiger partial charge in [-0.1, -0.05) is 35.3 Å². The van der Waals surface area contributed by atoms with Crippen LogP contribution in [0.5, 0.6) is 0 Å². The van der Waals surface area contributed by atoms with Crippen LogP contribution in [0.1, 0.15) is 0 Å². The fourth-order valence-electron chi connectivity index (χ4n) is 1.84. The van der Waals surface area contributed by atoms with E-state index in [0.29, 0.717) is 0 Å². The molecular weight excluding hydrogens is 401 g/mol. The molecule has 134 valence electrons. The zero-order valence-electron chi connectivity index (χ0n) is 12.9. The van der Waals surface area contributed by atoms with Crippen molar-refractivity contribution in [2.45, 2.75) is 4.90 Å². The molecule has 26 heavy (non-hydrogen) atoms. The molecule has 2 rings (SSSR count). The average Bonchev–Trinajstić information content (AvgIpc) is 2.59. The summed E-state index contributed by atoms with van der Waals surface area (Å²) in [6.07, 6.45) is 1.09. The second-order valence-corrected chi connectivity index (χ2v) is 7.08. The number of nitrogens with zero attached hydrogens (tertiary/aromatic N) is 1. The lowest BCUT2D eigenvalue weighted by Crippen LogP contribution is -2.15. The Morgan fingerprint density at radius 3 is 2.54 bits per heavy atom. The maximum absolute atomic E-state index is 12.2.